The van der Waals surface area contributed by atoms with Crippen molar-refractivity contribution in [2.24, 2.45) is 0 Å². The molecule has 0 aromatic heterocycles. The number of rotatable bonds is 30. The van der Waals surface area contributed by atoms with Crippen molar-refractivity contribution in [3.8, 4) is 0 Å². The fourth-order valence-corrected chi connectivity index (χ4v) is 10.4. The lowest BCUT2D eigenvalue weighted by Gasteiger charge is -2.41. The second kappa shape index (κ2) is 28.2. The first-order valence-electron chi connectivity index (χ1n) is 17.5. The summed E-state index contributed by atoms with van der Waals surface area (Å²) in [5.74, 6) is 0. The first kappa shape index (κ1) is 36.2. The van der Waals surface area contributed by atoms with Crippen molar-refractivity contribution >= 4 is 8.24 Å². The van der Waals surface area contributed by atoms with Gasteiger partial charge >= 0.3 is 0 Å². The fourth-order valence-electron chi connectivity index (χ4n) is 6.29. The predicted molar refractivity (Wildman–Crippen MR) is 171 cm³/mol. The van der Waals surface area contributed by atoms with Gasteiger partial charge in [0.15, 0.2) is 0 Å². The van der Waals surface area contributed by atoms with Crippen LogP contribution in [0.5, 0.6) is 0 Å². The highest BCUT2D eigenvalue weighted by molar-refractivity contribution is 6.77. The van der Waals surface area contributed by atoms with Gasteiger partial charge in [-0.2, -0.15) is 0 Å². The maximum absolute atomic E-state index is 3.07. The van der Waals surface area contributed by atoms with Crippen LogP contribution in [0.25, 0.3) is 0 Å². The molecule has 0 aromatic carbocycles. The van der Waals surface area contributed by atoms with E-state index in [1.807, 2.05) is 0 Å². The van der Waals surface area contributed by atoms with Crippen LogP contribution in [0.1, 0.15) is 189 Å². The molecule has 0 heterocycles. The van der Waals surface area contributed by atoms with E-state index < -0.39 is 8.24 Å². The summed E-state index contributed by atoms with van der Waals surface area (Å²) < 4.78 is 3.07. The first-order valence-corrected chi connectivity index (χ1v) is 20.0. The Morgan fingerprint density at radius 2 is 0.528 bits per heavy atom. The van der Waals surface area contributed by atoms with Crippen molar-refractivity contribution < 1.29 is 0 Å². The molecule has 0 unspecified atom stereocenters. The topological polar surface area (TPSA) is 3.24 Å². The second-order valence-corrected chi connectivity index (χ2v) is 17.3. The Bertz CT molecular complexity index is 370. The average Bonchev–Trinajstić information content (AvgIpc) is 2.90. The Morgan fingerprint density at radius 3 is 0.750 bits per heavy atom. The van der Waals surface area contributed by atoms with Crippen molar-refractivity contribution in [2.75, 3.05) is 13.1 Å². The van der Waals surface area contributed by atoms with E-state index in [1.165, 1.54) is 185 Å². The Hall–Kier alpha value is 0.177. The van der Waals surface area contributed by atoms with Crippen LogP contribution >= 0.6 is 0 Å². The highest BCUT2D eigenvalue weighted by atomic mass is 28.3. The van der Waals surface area contributed by atoms with E-state index in [-0.39, 0.29) is 0 Å². The summed E-state index contributed by atoms with van der Waals surface area (Å²) in [5.41, 5.74) is 0. The zero-order valence-electron chi connectivity index (χ0n) is 26.5. The minimum absolute atomic E-state index is 1.21. The van der Waals surface area contributed by atoms with Gasteiger partial charge in [-0.15, -0.1) is 0 Å². The summed E-state index contributed by atoms with van der Waals surface area (Å²) in [4.78, 5) is 0. The van der Waals surface area contributed by atoms with Gasteiger partial charge < -0.3 is 4.57 Å². The summed E-state index contributed by atoms with van der Waals surface area (Å²) in [6.45, 7) is 14.9. The van der Waals surface area contributed by atoms with E-state index in [2.05, 4.69) is 39.2 Å². The molecule has 1 nitrogen and oxygen atoms in total. The molecule has 0 aliphatic rings. The normalized spacial score (nSPS) is 12.2. The minimum Gasteiger partial charge on any atom is -0.323 e. The number of hydrogen-bond donors (Lipinski definition) is 0. The highest BCUT2D eigenvalue weighted by Gasteiger charge is 2.33. The van der Waals surface area contributed by atoms with Gasteiger partial charge in [-0.1, -0.05) is 176 Å². The van der Waals surface area contributed by atoms with Gasteiger partial charge in [0.2, 0.25) is 0 Å². The smallest absolute Gasteiger partial charge is 0.127 e. The van der Waals surface area contributed by atoms with Gasteiger partial charge in [0.1, 0.15) is 8.24 Å². The third-order valence-electron chi connectivity index (χ3n) is 9.21. The number of unbranched alkanes of at least 4 members (excludes halogenated alkanes) is 22. The highest BCUT2D eigenvalue weighted by Crippen LogP contribution is 2.26. The lowest BCUT2D eigenvalue weighted by molar-refractivity contribution is 0.378. The fraction of sp³-hybridized carbons (Fsp3) is 1.00. The Balaban J connectivity index is 3.96. The van der Waals surface area contributed by atoms with Crippen LogP contribution in [-0.4, -0.2) is 25.9 Å². The lowest BCUT2D eigenvalue weighted by atomic mass is 10.1. The van der Waals surface area contributed by atoms with E-state index in [4.69, 9.17) is 0 Å². The molecule has 0 spiro atoms. The predicted octanol–water partition coefficient (Wildman–Crippen LogP) is 12.7. The van der Waals surface area contributed by atoms with E-state index in [0.29, 0.717) is 0 Å². The number of hydrogen-bond acceptors (Lipinski definition) is 1. The molecule has 218 valence electrons. The van der Waals surface area contributed by atoms with Crippen molar-refractivity contribution in [3.63, 3.8) is 0 Å². The van der Waals surface area contributed by atoms with Crippen LogP contribution in [0.15, 0.2) is 0 Å². The molecule has 0 aliphatic carbocycles. The van der Waals surface area contributed by atoms with Crippen LogP contribution in [-0.2, 0) is 0 Å². The maximum atomic E-state index is 3.07. The van der Waals surface area contributed by atoms with Crippen LogP contribution in [0.3, 0.4) is 0 Å². The molecule has 0 amide bonds. The molecule has 36 heavy (non-hydrogen) atoms. The summed E-state index contributed by atoms with van der Waals surface area (Å²) in [6.07, 6.45) is 35.1. The Morgan fingerprint density at radius 1 is 0.306 bits per heavy atom. The quantitative estimate of drug-likeness (QED) is 0.0668. The molecule has 0 radical (unpaired) electrons. The van der Waals surface area contributed by atoms with Crippen LogP contribution in [0, 0.1) is 0 Å². The molecular weight excluding hydrogens is 450 g/mol. The molecule has 0 bridgehead atoms. The van der Waals surface area contributed by atoms with Gasteiger partial charge in [0, 0.05) is 0 Å². The molecular formula is C34H73NSi. The SMILES string of the molecule is CCCCCCCCCCCCCCN(CCCCCCCCCCCCCC)[Si](CC)(CC)CC. The summed E-state index contributed by atoms with van der Waals surface area (Å²) in [7, 11) is -1.21. The van der Waals surface area contributed by atoms with Crippen molar-refractivity contribution in [2.45, 2.75) is 207 Å². The largest absolute Gasteiger partial charge is 0.323 e. The van der Waals surface area contributed by atoms with Gasteiger partial charge in [0.05, 0.1) is 0 Å². The molecule has 0 saturated heterocycles. The second-order valence-electron chi connectivity index (χ2n) is 12.1. The van der Waals surface area contributed by atoms with E-state index in [1.54, 1.807) is 0 Å². The van der Waals surface area contributed by atoms with Crippen molar-refractivity contribution in [1.82, 2.24) is 4.57 Å². The molecule has 2 heteroatoms. The average molecular weight is 524 g/mol. The van der Waals surface area contributed by atoms with E-state index >= 15 is 0 Å². The molecule has 0 saturated carbocycles. The maximum Gasteiger partial charge on any atom is 0.127 e. The monoisotopic (exact) mass is 524 g/mol. The third-order valence-corrected chi connectivity index (χ3v) is 14.9. The van der Waals surface area contributed by atoms with Gasteiger partial charge in [-0.3, -0.25) is 0 Å². The molecule has 0 aromatic rings. The van der Waals surface area contributed by atoms with Gasteiger partial charge in [-0.05, 0) is 44.1 Å². The van der Waals surface area contributed by atoms with Crippen LogP contribution in [0.2, 0.25) is 18.1 Å². The van der Waals surface area contributed by atoms with E-state index in [9.17, 15) is 0 Å². The minimum atomic E-state index is -1.21. The summed E-state index contributed by atoms with van der Waals surface area (Å²) in [6, 6.07) is 4.36. The third kappa shape index (κ3) is 20.2. The zero-order chi connectivity index (χ0) is 26.6. The lowest BCUT2D eigenvalue weighted by Crippen LogP contribution is -2.52. The van der Waals surface area contributed by atoms with Crippen LogP contribution in [0.4, 0.5) is 0 Å². The zero-order valence-corrected chi connectivity index (χ0v) is 27.5. The molecule has 0 atom stereocenters. The summed E-state index contributed by atoms with van der Waals surface area (Å²) >= 11 is 0. The first-order chi connectivity index (χ1) is 17.7. The summed E-state index contributed by atoms with van der Waals surface area (Å²) in [5, 5.41) is 0. The standard InChI is InChI=1S/C34H73NSi/c1-6-11-13-15-17-19-21-23-25-27-29-31-33-35(36(8-3,9-4)10-5)34-32-30-28-26-24-22-20-18-16-14-12-7-2/h6-34H2,1-5H3. The van der Waals surface area contributed by atoms with Gasteiger partial charge in [-0.25, -0.2) is 0 Å². The Labute approximate surface area is 232 Å². The molecule has 0 aliphatic heterocycles. The van der Waals surface area contributed by atoms with E-state index in [0.717, 1.165) is 0 Å². The van der Waals surface area contributed by atoms with Crippen molar-refractivity contribution in [3.05, 3.63) is 0 Å². The van der Waals surface area contributed by atoms with Crippen molar-refractivity contribution in [1.29, 1.82) is 0 Å². The molecule has 0 fully saturated rings. The Kier molecular flexibility index (Phi) is 28.3. The molecule has 0 N–H and O–H groups in total. The van der Waals surface area contributed by atoms with Gasteiger partial charge in [0.25, 0.3) is 0 Å². The number of nitrogens with zero attached hydrogens (tertiary/aromatic N) is 1. The van der Waals surface area contributed by atoms with Crippen LogP contribution < -0.4 is 0 Å². The molecule has 0 rings (SSSR count).